The first-order valence-corrected chi connectivity index (χ1v) is 7.39. The summed E-state index contributed by atoms with van der Waals surface area (Å²) in [4.78, 5) is 17.8. The third kappa shape index (κ3) is 1.65. The summed E-state index contributed by atoms with van der Waals surface area (Å²) in [5, 5.41) is 2.09. The third-order valence-electron chi connectivity index (χ3n) is 4.97. The van der Waals surface area contributed by atoms with Gasteiger partial charge in [0, 0.05) is 11.8 Å². The molecule has 0 radical (unpaired) electrons. The van der Waals surface area contributed by atoms with E-state index in [1.807, 2.05) is 36.4 Å². The minimum Gasteiger partial charge on any atom is -0.298 e. The molecule has 4 atom stereocenters. The van der Waals surface area contributed by atoms with Crippen LogP contribution in [0.15, 0.2) is 65.7 Å². The van der Waals surface area contributed by atoms with Crippen LogP contribution in [0.1, 0.15) is 6.92 Å². The molecule has 1 aliphatic heterocycles. The van der Waals surface area contributed by atoms with Gasteiger partial charge >= 0.3 is 0 Å². The van der Waals surface area contributed by atoms with Crippen LogP contribution in [0.25, 0.3) is 5.57 Å². The van der Waals surface area contributed by atoms with Crippen molar-refractivity contribution in [3.63, 3.8) is 0 Å². The SMILES string of the molecule is C=C1C2C=CC=CC2C(=O)C2C(C)=c3ccccc3=NC12. The lowest BCUT2D eigenvalue weighted by Gasteiger charge is -2.41. The van der Waals surface area contributed by atoms with Crippen molar-refractivity contribution < 1.29 is 4.79 Å². The number of para-hydroxylation sites is 1. The minimum atomic E-state index is -0.148. The fourth-order valence-electron chi connectivity index (χ4n) is 3.85. The van der Waals surface area contributed by atoms with Gasteiger partial charge in [0.25, 0.3) is 0 Å². The Morgan fingerprint density at radius 1 is 1.10 bits per heavy atom. The molecule has 0 bridgehead atoms. The van der Waals surface area contributed by atoms with Gasteiger partial charge in [-0.05, 0) is 23.8 Å². The van der Waals surface area contributed by atoms with Crippen LogP contribution >= 0.6 is 0 Å². The highest BCUT2D eigenvalue weighted by molar-refractivity contribution is 5.96. The van der Waals surface area contributed by atoms with Gasteiger partial charge in [0.05, 0.1) is 17.3 Å². The van der Waals surface area contributed by atoms with Crippen molar-refractivity contribution >= 4 is 11.4 Å². The van der Waals surface area contributed by atoms with Crippen molar-refractivity contribution in [3.8, 4) is 0 Å². The summed E-state index contributed by atoms with van der Waals surface area (Å²) >= 11 is 0. The Labute approximate surface area is 123 Å². The molecule has 4 unspecified atom stereocenters. The van der Waals surface area contributed by atoms with E-state index in [9.17, 15) is 4.79 Å². The van der Waals surface area contributed by atoms with Crippen LogP contribution < -0.4 is 10.6 Å². The molecule has 0 amide bonds. The Morgan fingerprint density at radius 2 is 1.81 bits per heavy atom. The summed E-state index contributed by atoms with van der Waals surface area (Å²) in [7, 11) is 0. The van der Waals surface area contributed by atoms with E-state index < -0.39 is 0 Å². The molecule has 21 heavy (non-hydrogen) atoms. The van der Waals surface area contributed by atoms with Crippen molar-refractivity contribution in [1.82, 2.24) is 0 Å². The second kappa shape index (κ2) is 4.39. The fourth-order valence-corrected chi connectivity index (χ4v) is 3.85. The van der Waals surface area contributed by atoms with Gasteiger partial charge in [-0.3, -0.25) is 9.79 Å². The van der Waals surface area contributed by atoms with Gasteiger partial charge in [0.15, 0.2) is 0 Å². The average molecular weight is 275 g/mol. The van der Waals surface area contributed by atoms with E-state index in [0.29, 0.717) is 0 Å². The van der Waals surface area contributed by atoms with Crippen molar-refractivity contribution in [2.24, 2.45) is 22.7 Å². The number of carbonyl (C=O) groups excluding carboxylic acids is 1. The summed E-state index contributed by atoms with van der Waals surface area (Å²) in [6.07, 6.45) is 8.08. The Kier molecular flexibility index (Phi) is 2.61. The van der Waals surface area contributed by atoms with E-state index in [4.69, 9.17) is 4.99 Å². The monoisotopic (exact) mass is 275 g/mol. The Hall–Kier alpha value is -2.22. The van der Waals surface area contributed by atoms with Crippen molar-refractivity contribution in [3.05, 3.63) is 71.3 Å². The summed E-state index contributed by atoms with van der Waals surface area (Å²) in [5.74, 6) is 0.170. The predicted molar refractivity (Wildman–Crippen MR) is 83.0 cm³/mol. The van der Waals surface area contributed by atoms with Crippen molar-refractivity contribution in [2.75, 3.05) is 0 Å². The molecule has 1 heterocycles. The molecular formula is C19H17NO. The fraction of sp³-hybridized carbons (Fsp3) is 0.263. The zero-order valence-corrected chi connectivity index (χ0v) is 12.0. The van der Waals surface area contributed by atoms with Crippen LogP contribution in [0, 0.1) is 17.8 Å². The second-order valence-electron chi connectivity index (χ2n) is 6.05. The van der Waals surface area contributed by atoms with Gasteiger partial charge in [0.1, 0.15) is 5.78 Å². The number of benzene rings is 1. The first-order valence-electron chi connectivity index (χ1n) is 7.39. The second-order valence-corrected chi connectivity index (χ2v) is 6.05. The first-order chi connectivity index (χ1) is 10.2. The first kappa shape index (κ1) is 12.5. The molecule has 0 N–H and O–H groups in total. The summed E-state index contributed by atoms with van der Waals surface area (Å²) in [6.45, 7) is 6.35. The quantitative estimate of drug-likeness (QED) is 0.666. The number of ketones is 1. The number of allylic oxidation sites excluding steroid dienone is 4. The summed E-state index contributed by atoms with van der Waals surface area (Å²) in [5.41, 5.74) is 2.21. The average Bonchev–Trinajstić information content (AvgIpc) is 2.52. The number of carbonyl (C=O) groups is 1. The van der Waals surface area contributed by atoms with E-state index in [0.717, 1.165) is 21.7 Å². The minimum absolute atomic E-state index is 0.0702. The van der Waals surface area contributed by atoms with Gasteiger partial charge in [-0.2, -0.15) is 0 Å². The molecule has 2 heteroatoms. The maximum atomic E-state index is 13.0. The van der Waals surface area contributed by atoms with Gasteiger partial charge in [-0.15, -0.1) is 0 Å². The lowest BCUT2D eigenvalue weighted by molar-refractivity contribution is -0.126. The van der Waals surface area contributed by atoms with Gasteiger partial charge < -0.3 is 0 Å². The maximum absolute atomic E-state index is 13.0. The lowest BCUT2D eigenvalue weighted by Crippen LogP contribution is -2.50. The molecular weight excluding hydrogens is 258 g/mol. The normalized spacial score (nSPS) is 33.1. The molecule has 1 aromatic carbocycles. The van der Waals surface area contributed by atoms with E-state index in [1.54, 1.807) is 0 Å². The summed E-state index contributed by atoms with van der Waals surface area (Å²) < 4.78 is 0. The smallest absolute Gasteiger partial charge is 0.150 e. The van der Waals surface area contributed by atoms with E-state index in [1.165, 1.54) is 0 Å². The molecule has 0 aromatic heterocycles. The number of hydrogen-bond acceptors (Lipinski definition) is 2. The van der Waals surface area contributed by atoms with Gasteiger partial charge in [-0.25, -0.2) is 0 Å². The molecule has 2 nitrogen and oxygen atoms in total. The zero-order chi connectivity index (χ0) is 14.6. The molecule has 4 rings (SSSR count). The van der Waals surface area contributed by atoms with E-state index in [-0.39, 0.29) is 29.6 Å². The largest absolute Gasteiger partial charge is 0.298 e. The van der Waals surface area contributed by atoms with Crippen molar-refractivity contribution in [1.29, 1.82) is 0 Å². The van der Waals surface area contributed by atoms with Crippen LogP contribution in [-0.4, -0.2) is 11.8 Å². The zero-order valence-electron chi connectivity index (χ0n) is 12.0. The molecule has 1 fully saturated rings. The molecule has 1 aromatic rings. The van der Waals surface area contributed by atoms with Crippen LogP contribution in [0.5, 0.6) is 0 Å². The van der Waals surface area contributed by atoms with E-state index >= 15 is 0 Å². The maximum Gasteiger partial charge on any atom is 0.150 e. The number of fused-ring (bicyclic) bond motifs is 3. The highest BCUT2D eigenvalue weighted by atomic mass is 16.1. The Balaban J connectivity index is 1.95. The number of hydrogen-bond donors (Lipinski definition) is 0. The molecule has 1 saturated carbocycles. The van der Waals surface area contributed by atoms with Crippen LogP contribution in [0.2, 0.25) is 0 Å². The van der Waals surface area contributed by atoms with Gasteiger partial charge in [0.2, 0.25) is 0 Å². The Morgan fingerprint density at radius 3 is 2.62 bits per heavy atom. The standard InChI is InChI=1S/C19H17NO/c1-11-14-8-5-6-10-16(14)20-18-12(2)13-7-3-4-9-15(13)19(21)17(11)18/h3-10,13,15,17-18H,2H2,1H3. The number of Topliss-reactive ketones (excluding diaryl/α,β-unsaturated/α-hetero) is 1. The summed E-state index contributed by atoms with van der Waals surface area (Å²) in [6, 6.07) is 7.98. The topological polar surface area (TPSA) is 29.4 Å². The molecule has 0 saturated heterocycles. The third-order valence-corrected chi connectivity index (χ3v) is 4.97. The van der Waals surface area contributed by atoms with Crippen LogP contribution in [-0.2, 0) is 4.79 Å². The lowest BCUT2D eigenvalue weighted by atomic mass is 9.64. The van der Waals surface area contributed by atoms with Crippen LogP contribution in [0.4, 0.5) is 0 Å². The Bertz CT molecular complexity index is 827. The van der Waals surface area contributed by atoms with Crippen LogP contribution in [0.3, 0.4) is 0 Å². The molecule has 3 aliphatic rings. The highest BCUT2D eigenvalue weighted by Crippen LogP contribution is 2.42. The molecule has 104 valence electrons. The molecule has 0 spiro atoms. The van der Waals surface area contributed by atoms with Gasteiger partial charge in [-0.1, -0.05) is 54.7 Å². The van der Waals surface area contributed by atoms with Crippen molar-refractivity contribution in [2.45, 2.75) is 13.0 Å². The number of nitrogens with zero attached hydrogens (tertiary/aromatic N) is 1. The highest BCUT2D eigenvalue weighted by Gasteiger charge is 2.46. The molecule has 2 aliphatic carbocycles. The van der Waals surface area contributed by atoms with E-state index in [2.05, 4.69) is 25.6 Å². The predicted octanol–water partition coefficient (Wildman–Crippen LogP) is 1.97. The number of rotatable bonds is 0.